The lowest BCUT2D eigenvalue weighted by molar-refractivity contribution is -0.123. The van der Waals surface area contributed by atoms with Crippen molar-refractivity contribution >= 4 is 29.3 Å². The minimum Gasteiger partial charge on any atom is -0.462 e. The number of rotatable bonds is 7. The lowest BCUT2D eigenvalue weighted by atomic mass is 10.1. The van der Waals surface area contributed by atoms with E-state index in [0.717, 1.165) is 0 Å². The molecule has 0 saturated heterocycles. The van der Waals surface area contributed by atoms with Crippen LogP contribution in [0.4, 0.5) is 5.69 Å². The van der Waals surface area contributed by atoms with Crippen LogP contribution >= 0.6 is 0 Å². The van der Waals surface area contributed by atoms with Crippen LogP contribution in [0.25, 0.3) is 0 Å². The van der Waals surface area contributed by atoms with Crippen LogP contribution in [-0.2, 0) is 14.3 Å². The first-order chi connectivity index (χ1) is 13.6. The Kier molecular flexibility index (Phi) is 6.93. The molecule has 0 radical (unpaired) electrons. The van der Waals surface area contributed by atoms with Gasteiger partial charge in [-0.05, 0) is 52.3 Å². The normalized spacial score (nSPS) is 11.5. The molecule has 0 aliphatic heterocycles. The summed E-state index contributed by atoms with van der Waals surface area (Å²) in [5, 5.41) is 2.61. The van der Waals surface area contributed by atoms with Gasteiger partial charge in [-0.2, -0.15) is 0 Å². The number of ketones is 1. The van der Waals surface area contributed by atoms with Crippen LogP contribution in [0.1, 0.15) is 63.2 Å². The number of ether oxygens (including phenoxy) is 2. The quantitative estimate of drug-likeness (QED) is 0.545. The van der Waals surface area contributed by atoms with E-state index in [-0.39, 0.29) is 23.6 Å². The number of Topliss-reactive ketones (excluding diaryl/α,β-unsaturated/α-hetero) is 1. The van der Waals surface area contributed by atoms with Crippen LogP contribution in [0.3, 0.4) is 0 Å². The van der Waals surface area contributed by atoms with Crippen LogP contribution < -0.4 is 5.32 Å². The second kappa shape index (κ2) is 9.18. The lowest BCUT2D eigenvalue weighted by Crippen LogP contribution is -2.30. The Morgan fingerprint density at radius 1 is 1.14 bits per heavy atom. The number of anilines is 1. The van der Waals surface area contributed by atoms with Gasteiger partial charge in [0.15, 0.2) is 11.9 Å². The number of benzene rings is 1. The van der Waals surface area contributed by atoms with Crippen molar-refractivity contribution in [3.05, 3.63) is 52.3 Å². The second-order valence-corrected chi connectivity index (χ2v) is 6.52. The maximum Gasteiger partial charge on any atom is 0.355 e. The fraction of sp³-hybridized carbons (Fsp3) is 0.333. The highest BCUT2D eigenvalue weighted by Crippen LogP contribution is 2.20. The molecule has 0 bridgehead atoms. The zero-order valence-electron chi connectivity index (χ0n) is 17.0. The molecule has 0 fully saturated rings. The van der Waals surface area contributed by atoms with Gasteiger partial charge in [0.05, 0.1) is 12.2 Å². The molecule has 8 nitrogen and oxygen atoms in total. The minimum absolute atomic E-state index is 0.0868. The number of hydrogen-bond donors (Lipinski definition) is 2. The van der Waals surface area contributed by atoms with E-state index in [2.05, 4.69) is 10.3 Å². The van der Waals surface area contributed by atoms with Crippen molar-refractivity contribution in [3.8, 4) is 0 Å². The van der Waals surface area contributed by atoms with Crippen LogP contribution in [0.2, 0.25) is 0 Å². The van der Waals surface area contributed by atoms with Crippen LogP contribution in [0, 0.1) is 13.8 Å². The van der Waals surface area contributed by atoms with E-state index in [9.17, 15) is 19.2 Å². The van der Waals surface area contributed by atoms with E-state index in [0.29, 0.717) is 22.5 Å². The van der Waals surface area contributed by atoms with Gasteiger partial charge in [-0.1, -0.05) is 12.1 Å². The molecular weight excluding hydrogens is 376 g/mol. The SMILES string of the molecule is CCOC(=O)c1c(C)[nH]c(C(=O)OC(C)C(=O)Nc2cccc(C(C)=O)c2)c1C. The topological polar surface area (TPSA) is 115 Å². The number of esters is 2. The molecule has 8 heteroatoms. The number of carbonyl (C=O) groups is 4. The monoisotopic (exact) mass is 400 g/mol. The van der Waals surface area contributed by atoms with E-state index in [1.54, 1.807) is 45.0 Å². The summed E-state index contributed by atoms with van der Waals surface area (Å²) in [5.41, 5.74) is 2.11. The molecule has 1 heterocycles. The van der Waals surface area contributed by atoms with E-state index < -0.39 is 23.9 Å². The Bertz CT molecular complexity index is 960. The van der Waals surface area contributed by atoms with Gasteiger partial charge in [0.25, 0.3) is 5.91 Å². The number of aryl methyl sites for hydroxylation is 1. The third-order valence-electron chi connectivity index (χ3n) is 4.31. The summed E-state index contributed by atoms with van der Waals surface area (Å²) < 4.78 is 10.2. The molecule has 154 valence electrons. The molecule has 0 spiro atoms. The van der Waals surface area contributed by atoms with Gasteiger partial charge in [0.1, 0.15) is 5.69 Å². The summed E-state index contributed by atoms with van der Waals surface area (Å²) in [6.45, 7) is 8.01. The number of H-pyrrole nitrogens is 1. The molecule has 1 aromatic heterocycles. The summed E-state index contributed by atoms with van der Waals surface area (Å²) in [6, 6.07) is 6.45. The molecule has 0 aliphatic carbocycles. The van der Waals surface area contributed by atoms with E-state index in [1.165, 1.54) is 13.8 Å². The zero-order chi connectivity index (χ0) is 21.7. The first-order valence-corrected chi connectivity index (χ1v) is 9.14. The molecule has 2 aromatic rings. The highest BCUT2D eigenvalue weighted by atomic mass is 16.5. The summed E-state index contributed by atoms with van der Waals surface area (Å²) in [6.07, 6.45) is -1.10. The van der Waals surface area contributed by atoms with Crippen LogP contribution in [0.15, 0.2) is 24.3 Å². The smallest absolute Gasteiger partial charge is 0.355 e. The number of carbonyl (C=O) groups excluding carboxylic acids is 4. The van der Waals surface area contributed by atoms with E-state index in [4.69, 9.17) is 9.47 Å². The van der Waals surface area contributed by atoms with E-state index >= 15 is 0 Å². The molecule has 0 saturated carbocycles. The molecule has 0 aliphatic rings. The highest BCUT2D eigenvalue weighted by Gasteiger charge is 2.26. The summed E-state index contributed by atoms with van der Waals surface area (Å²) in [7, 11) is 0. The van der Waals surface area contributed by atoms with Gasteiger partial charge >= 0.3 is 11.9 Å². The van der Waals surface area contributed by atoms with Crippen molar-refractivity contribution < 1.29 is 28.7 Å². The molecule has 1 aromatic carbocycles. The third-order valence-corrected chi connectivity index (χ3v) is 4.31. The van der Waals surface area contributed by atoms with Gasteiger partial charge < -0.3 is 19.8 Å². The molecule has 1 atom stereocenters. The summed E-state index contributed by atoms with van der Waals surface area (Å²) in [5.74, 6) is -1.98. The van der Waals surface area contributed by atoms with Crippen LogP contribution in [-0.4, -0.2) is 41.3 Å². The molecule has 2 rings (SSSR count). The Morgan fingerprint density at radius 2 is 1.83 bits per heavy atom. The van der Waals surface area contributed by atoms with Crippen molar-refractivity contribution in [1.29, 1.82) is 0 Å². The minimum atomic E-state index is -1.10. The Labute approximate surface area is 168 Å². The molecule has 29 heavy (non-hydrogen) atoms. The zero-order valence-corrected chi connectivity index (χ0v) is 17.0. The van der Waals surface area contributed by atoms with Gasteiger partial charge in [0, 0.05) is 16.9 Å². The number of aromatic nitrogens is 1. The third kappa shape index (κ3) is 5.10. The summed E-state index contributed by atoms with van der Waals surface area (Å²) in [4.78, 5) is 51.2. The number of hydrogen-bond acceptors (Lipinski definition) is 6. The Hall–Kier alpha value is -3.42. The van der Waals surface area contributed by atoms with Crippen molar-refractivity contribution in [2.45, 2.75) is 40.7 Å². The largest absolute Gasteiger partial charge is 0.462 e. The van der Waals surface area contributed by atoms with Gasteiger partial charge in [0.2, 0.25) is 0 Å². The highest BCUT2D eigenvalue weighted by molar-refractivity contribution is 6.01. The average Bonchev–Trinajstić information content (AvgIpc) is 2.96. The first kappa shape index (κ1) is 21.9. The Balaban J connectivity index is 2.10. The summed E-state index contributed by atoms with van der Waals surface area (Å²) >= 11 is 0. The molecule has 2 N–H and O–H groups in total. The second-order valence-electron chi connectivity index (χ2n) is 6.52. The van der Waals surface area contributed by atoms with E-state index in [1.807, 2.05) is 0 Å². The maximum absolute atomic E-state index is 12.5. The van der Waals surface area contributed by atoms with Crippen LogP contribution in [0.5, 0.6) is 0 Å². The Morgan fingerprint density at radius 3 is 2.45 bits per heavy atom. The van der Waals surface area contributed by atoms with Gasteiger partial charge in [-0.3, -0.25) is 9.59 Å². The number of aromatic amines is 1. The van der Waals surface area contributed by atoms with Crippen molar-refractivity contribution in [2.75, 3.05) is 11.9 Å². The predicted molar refractivity (Wildman–Crippen MR) is 106 cm³/mol. The standard InChI is InChI=1S/C21H24N2O6/c1-6-28-20(26)17-11(2)18(22-12(17)3)21(27)29-14(5)19(25)23-16-9-7-8-15(10-16)13(4)24/h7-10,14,22H,6H2,1-5H3,(H,23,25). The average molecular weight is 400 g/mol. The fourth-order valence-electron chi connectivity index (χ4n) is 2.80. The fourth-order valence-corrected chi connectivity index (χ4v) is 2.80. The van der Waals surface area contributed by atoms with Gasteiger partial charge in [-0.15, -0.1) is 0 Å². The number of nitrogens with one attached hydrogen (secondary N) is 2. The molecular formula is C21H24N2O6. The number of amides is 1. The molecule has 1 amide bonds. The van der Waals surface area contributed by atoms with Gasteiger partial charge in [-0.25, -0.2) is 9.59 Å². The molecule has 1 unspecified atom stereocenters. The van der Waals surface area contributed by atoms with Crippen molar-refractivity contribution in [1.82, 2.24) is 4.98 Å². The van der Waals surface area contributed by atoms with Crippen molar-refractivity contribution in [3.63, 3.8) is 0 Å². The lowest BCUT2D eigenvalue weighted by Gasteiger charge is -2.14. The first-order valence-electron chi connectivity index (χ1n) is 9.14. The predicted octanol–water partition coefficient (Wildman–Crippen LogP) is 3.19. The maximum atomic E-state index is 12.5. The van der Waals surface area contributed by atoms with Crippen molar-refractivity contribution in [2.24, 2.45) is 0 Å².